The highest BCUT2D eigenvalue weighted by molar-refractivity contribution is 6.30. The standard InChI is InChI=1S/C13H14ClN3O/c1-10(17-7-6-15-9-17)13(18)16-8-11-2-4-12(14)5-3-11/h2-7,9-10H,8H2,1H3,(H,16,18). The largest absolute Gasteiger partial charge is 0.350 e. The molecule has 2 aromatic rings. The van der Waals surface area contributed by atoms with E-state index in [4.69, 9.17) is 11.6 Å². The molecule has 94 valence electrons. The minimum Gasteiger partial charge on any atom is -0.350 e. The second-order valence-electron chi connectivity index (χ2n) is 4.03. The van der Waals surface area contributed by atoms with Crippen molar-refractivity contribution in [2.24, 2.45) is 0 Å². The summed E-state index contributed by atoms with van der Waals surface area (Å²) in [6.45, 7) is 2.33. The van der Waals surface area contributed by atoms with E-state index in [9.17, 15) is 4.79 Å². The third-order valence-electron chi connectivity index (χ3n) is 2.73. The maximum atomic E-state index is 11.9. The number of hydrogen-bond acceptors (Lipinski definition) is 2. The van der Waals surface area contributed by atoms with Gasteiger partial charge in [0.2, 0.25) is 5.91 Å². The van der Waals surface area contributed by atoms with Crippen LogP contribution in [-0.4, -0.2) is 15.5 Å². The predicted octanol–water partition coefficient (Wildman–Crippen LogP) is 2.41. The zero-order valence-electron chi connectivity index (χ0n) is 10.0. The van der Waals surface area contributed by atoms with Gasteiger partial charge in [-0.1, -0.05) is 23.7 Å². The van der Waals surface area contributed by atoms with Gasteiger partial charge in [-0.2, -0.15) is 0 Å². The number of rotatable bonds is 4. The first-order valence-corrected chi connectivity index (χ1v) is 6.04. The van der Waals surface area contributed by atoms with Gasteiger partial charge in [-0.3, -0.25) is 4.79 Å². The van der Waals surface area contributed by atoms with Gasteiger partial charge in [-0.25, -0.2) is 4.98 Å². The number of hydrogen-bond donors (Lipinski definition) is 1. The van der Waals surface area contributed by atoms with Gasteiger partial charge in [-0.15, -0.1) is 0 Å². The zero-order chi connectivity index (χ0) is 13.0. The van der Waals surface area contributed by atoms with E-state index in [0.717, 1.165) is 5.56 Å². The molecular weight excluding hydrogens is 250 g/mol. The molecule has 0 saturated carbocycles. The topological polar surface area (TPSA) is 46.9 Å². The van der Waals surface area contributed by atoms with Gasteiger partial charge in [-0.05, 0) is 24.6 Å². The highest BCUT2D eigenvalue weighted by atomic mass is 35.5. The lowest BCUT2D eigenvalue weighted by Gasteiger charge is -2.13. The van der Waals surface area contributed by atoms with Crippen molar-refractivity contribution >= 4 is 17.5 Å². The van der Waals surface area contributed by atoms with Crippen LogP contribution in [-0.2, 0) is 11.3 Å². The molecule has 1 unspecified atom stereocenters. The van der Waals surface area contributed by atoms with Gasteiger partial charge >= 0.3 is 0 Å². The number of carbonyl (C=O) groups is 1. The summed E-state index contributed by atoms with van der Waals surface area (Å²) in [6, 6.07) is 7.14. The molecule has 0 spiro atoms. The summed E-state index contributed by atoms with van der Waals surface area (Å²) >= 11 is 5.79. The Morgan fingerprint density at radius 3 is 2.78 bits per heavy atom. The van der Waals surface area contributed by atoms with Crippen LogP contribution in [0.4, 0.5) is 0 Å². The van der Waals surface area contributed by atoms with Crippen molar-refractivity contribution in [1.29, 1.82) is 0 Å². The molecule has 0 fully saturated rings. The Morgan fingerprint density at radius 1 is 1.44 bits per heavy atom. The zero-order valence-corrected chi connectivity index (χ0v) is 10.8. The van der Waals surface area contributed by atoms with Crippen molar-refractivity contribution in [3.05, 3.63) is 53.6 Å². The van der Waals surface area contributed by atoms with Crippen LogP contribution in [0.3, 0.4) is 0 Å². The van der Waals surface area contributed by atoms with Crippen LogP contribution in [0.2, 0.25) is 5.02 Å². The molecule has 1 atom stereocenters. The Hall–Kier alpha value is -1.81. The fourth-order valence-corrected chi connectivity index (χ4v) is 1.70. The maximum absolute atomic E-state index is 11.9. The molecule has 1 heterocycles. The van der Waals surface area contributed by atoms with Crippen molar-refractivity contribution in [1.82, 2.24) is 14.9 Å². The summed E-state index contributed by atoms with van der Waals surface area (Å²) in [5, 5.41) is 3.57. The number of nitrogens with one attached hydrogen (secondary N) is 1. The van der Waals surface area contributed by atoms with Gasteiger partial charge in [0.1, 0.15) is 6.04 Å². The molecule has 1 amide bonds. The molecule has 4 nitrogen and oxygen atoms in total. The summed E-state index contributed by atoms with van der Waals surface area (Å²) in [5.41, 5.74) is 1.02. The fraction of sp³-hybridized carbons (Fsp3) is 0.231. The number of aromatic nitrogens is 2. The molecule has 0 saturated heterocycles. The monoisotopic (exact) mass is 263 g/mol. The predicted molar refractivity (Wildman–Crippen MR) is 70.2 cm³/mol. The third-order valence-corrected chi connectivity index (χ3v) is 2.98. The van der Waals surface area contributed by atoms with Crippen molar-refractivity contribution in [3.8, 4) is 0 Å². The van der Waals surface area contributed by atoms with Crippen LogP contribution in [0.25, 0.3) is 0 Å². The van der Waals surface area contributed by atoms with E-state index in [2.05, 4.69) is 10.3 Å². The summed E-state index contributed by atoms with van der Waals surface area (Å²) in [4.78, 5) is 15.8. The minimum atomic E-state index is -0.264. The van der Waals surface area contributed by atoms with Crippen molar-refractivity contribution in [2.75, 3.05) is 0 Å². The number of halogens is 1. The van der Waals surface area contributed by atoms with Gasteiger partial charge in [0, 0.05) is 24.0 Å². The lowest BCUT2D eigenvalue weighted by atomic mass is 10.2. The van der Waals surface area contributed by atoms with Crippen LogP contribution >= 0.6 is 11.6 Å². The molecular formula is C13H14ClN3O. The van der Waals surface area contributed by atoms with E-state index >= 15 is 0 Å². The van der Waals surface area contributed by atoms with E-state index in [1.54, 1.807) is 23.3 Å². The quantitative estimate of drug-likeness (QED) is 0.921. The first kappa shape index (κ1) is 12.6. The number of amides is 1. The smallest absolute Gasteiger partial charge is 0.243 e. The van der Waals surface area contributed by atoms with Gasteiger partial charge in [0.05, 0.1) is 6.33 Å². The number of carbonyl (C=O) groups excluding carboxylic acids is 1. The molecule has 0 bridgehead atoms. The molecule has 0 radical (unpaired) electrons. The molecule has 0 aliphatic rings. The maximum Gasteiger partial charge on any atom is 0.243 e. The molecule has 5 heteroatoms. The molecule has 1 aromatic heterocycles. The highest BCUT2D eigenvalue weighted by Gasteiger charge is 2.13. The second kappa shape index (κ2) is 5.69. The van der Waals surface area contributed by atoms with Crippen LogP contribution in [0.1, 0.15) is 18.5 Å². The number of nitrogens with zero attached hydrogens (tertiary/aromatic N) is 2. The molecule has 2 rings (SSSR count). The average molecular weight is 264 g/mol. The van der Waals surface area contributed by atoms with Gasteiger partial charge < -0.3 is 9.88 Å². The summed E-state index contributed by atoms with van der Waals surface area (Å²) in [5.74, 6) is -0.0389. The second-order valence-corrected chi connectivity index (χ2v) is 4.47. The molecule has 1 aromatic carbocycles. The van der Waals surface area contributed by atoms with Crippen molar-refractivity contribution in [2.45, 2.75) is 19.5 Å². The SMILES string of the molecule is CC(C(=O)NCc1ccc(Cl)cc1)n1ccnc1. The van der Waals surface area contributed by atoms with E-state index in [1.807, 2.05) is 31.2 Å². The Kier molecular flexibility index (Phi) is 3.99. The average Bonchev–Trinajstić information content (AvgIpc) is 2.90. The molecule has 18 heavy (non-hydrogen) atoms. The Labute approximate surface area is 111 Å². The lowest BCUT2D eigenvalue weighted by molar-refractivity contribution is -0.124. The Morgan fingerprint density at radius 2 is 2.17 bits per heavy atom. The van der Waals surface area contributed by atoms with Crippen molar-refractivity contribution in [3.63, 3.8) is 0 Å². The Bertz CT molecular complexity index is 508. The van der Waals surface area contributed by atoms with E-state index in [0.29, 0.717) is 11.6 Å². The molecule has 0 aliphatic heterocycles. The fourth-order valence-electron chi connectivity index (χ4n) is 1.57. The first-order chi connectivity index (χ1) is 8.66. The van der Waals surface area contributed by atoms with E-state index < -0.39 is 0 Å². The minimum absolute atomic E-state index is 0.0389. The van der Waals surface area contributed by atoms with Crippen molar-refractivity contribution < 1.29 is 4.79 Å². The normalized spacial score (nSPS) is 12.1. The lowest BCUT2D eigenvalue weighted by Crippen LogP contribution is -2.30. The van der Waals surface area contributed by atoms with E-state index in [-0.39, 0.29) is 11.9 Å². The summed E-state index contributed by atoms with van der Waals surface area (Å²) in [6.07, 6.45) is 5.06. The van der Waals surface area contributed by atoms with Gasteiger partial charge in [0.25, 0.3) is 0 Å². The summed E-state index contributed by atoms with van der Waals surface area (Å²) < 4.78 is 1.76. The summed E-state index contributed by atoms with van der Waals surface area (Å²) in [7, 11) is 0. The number of imidazole rings is 1. The molecule has 0 aliphatic carbocycles. The van der Waals surface area contributed by atoms with Crippen LogP contribution in [0.5, 0.6) is 0 Å². The Balaban J connectivity index is 1.90. The van der Waals surface area contributed by atoms with Gasteiger partial charge in [0.15, 0.2) is 0 Å². The third kappa shape index (κ3) is 3.11. The van der Waals surface area contributed by atoms with Crippen LogP contribution < -0.4 is 5.32 Å². The van der Waals surface area contributed by atoms with Crippen LogP contribution in [0, 0.1) is 0 Å². The van der Waals surface area contributed by atoms with E-state index in [1.165, 1.54) is 0 Å². The first-order valence-electron chi connectivity index (χ1n) is 5.66. The number of benzene rings is 1. The molecule has 1 N–H and O–H groups in total. The van der Waals surface area contributed by atoms with Crippen LogP contribution in [0.15, 0.2) is 43.0 Å². The highest BCUT2D eigenvalue weighted by Crippen LogP contribution is 2.10.